The Labute approximate surface area is 117 Å². The summed E-state index contributed by atoms with van der Waals surface area (Å²) in [6.45, 7) is 2.03. The van der Waals surface area contributed by atoms with Crippen molar-refractivity contribution in [1.29, 1.82) is 0 Å². The molecule has 0 atom stereocenters. The number of alkyl halides is 3. The lowest BCUT2D eigenvalue weighted by Gasteiger charge is -2.10. The fourth-order valence-electron chi connectivity index (χ4n) is 1.41. The molecule has 5 nitrogen and oxygen atoms in total. The zero-order valence-electron chi connectivity index (χ0n) is 10.6. The summed E-state index contributed by atoms with van der Waals surface area (Å²) in [5, 5.41) is 13.5. The summed E-state index contributed by atoms with van der Waals surface area (Å²) in [5.74, 6) is -0.0595. The highest BCUT2D eigenvalue weighted by molar-refractivity contribution is 8.00. The van der Waals surface area contributed by atoms with E-state index in [2.05, 4.69) is 5.32 Å². The maximum absolute atomic E-state index is 11.9. The Morgan fingerprint density at radius 1 is 1.45 bits per heavy atom. The summed E-state index contributed by atoms with van der Waals surface area (Å²) in [6, 6.07) is 4.09. The van der Waals surface area contributed by atoms with Gasteiger partial charge < -0.3 is 10.1 Å². The molecule has 9 heteroatoms. The third-order valence-corrected chi connectivity index (χ3v) is 2.89. The Balaban J connectivity index is 2.63. The number of ether oxygens (including phenoxy) is 1. The second kappa shape index (κ2) is 7.22. The van der Waals surface area contributed by atoms with Gasteiger partial charge in [0.25, 0.3) is 0 Å². The van der Waals surface area contributed by atoms with Crippen LogP contribution < -0.4 is 10.1 Å². The number of nitro benzene ring substituents is 1. The van der Waals surface area contributed by atoms with Crippen LogP contribution in [0.15, 0.2) is 18.2 Å². The molecule has 0 fully saturated rings. The molecule has 0 saturated carbocycles. The second-order valence-corrected chi connectivity index (χ2v) is 4.75. The highest BCUT2D eigenvalue weighted by Crippen LogP contribution is 2.31. The summed E-state index contributed by atoms with van der Waals surface area (Å²) >= 11 is -0.127. The summed E-state index contributed by atoms with van der Waals surface area (Å²) < 4.78 is 40.9. The molecule has 20 heavy (non-hydrogen) atoms. The van der Waals surface area contributed by atoms with Gasteiger partial charge in [-0.05, 0) is 24.8 Å². The normalized spacial score (nSPS) is 11.2. The van der Waals surface area contributed by atoms with Crippen molar-refractivity contribution < 1.29 is 22.8 Å². The predicted octanol–water partition coefficient (Wildman–Crippen LogP) is 3.66. The van der Waals surface area contributed by atoms with Gasteiger partial charge in [-0.15, -0.1) is 0 Å². The maximum atomic E-state index is 11.9. The minimum Gasteiger partial charge on any atom is -0.487 e. The van der Waals surface area contributed by atoms with Crippen LogP contribution in [0.2, 0.25) is 0 Å². The average molecular weight is 310 g/mol. The number of rotatable bonds is 7. The number of halogens is 3. The highest BCUT2D eigenvalue weighted by atomic mass is 32.2. The first-order valence-electron chi connectivity index (χ1n) is 5.69. The van der Waals surface area contributed by atoms with E-state index in [1.165, 1.54) is 18.2 Å². The van der Waals surface area contributed by atoms with E-state index in [9.17, 15) is 23.3 Å². The minimum atomic E-state index is -4.26. The van der Waals surface area contributed by atoms with Gasteiger partial charge in [0.05, 0.1) is 11.5 Å². The van der Waals surface area contributed by atoms with E-state index in [1.807, 2.05) is 0 Å². The lowest BCUT2D eigenvalue weighted by atomic mass is 10.2. The van der Waals surface area contributed by atoms with Crippen LogP contribution in [0.1, 0.15) is 6.92 Å². The third-order valence-electron chi connectivity index (χ3n) is 2.15. The molecule has 1 aromatic rings. The van der Waals surface area contributed by atoms with Crippen LogP contribution in [0, 0.1) is 10.1 Å². The number of hydrogen-bond donors (Lipinski definition) is 1. The number of nitro groups is 1. The summed E-state index contributed by atoms with van der Waals surface area (Å²) in [6.07, 6.45) is 0. The average Bonchev–Trinajstić information content (AvgIpc) is 2.34. The maximum Gasteiger partial charge on any atom is 0.441 e. The molecule has 0 radical (unpaired) electrons. The molecule has 0 saturated heterocycles. The van der Waals surface area contributed by atoms with Crippen molar-refractivity contribution in [2.45, 2.75) is 12.4 Å². The second-order valence-electron chi connectivity index (χ2n) is 3.59. The Hall–Kier alpha value is -1.64. The van der Waals surface area contributed by atoms with Gasteiger partial charge in [0.1, 0.15) is 0 Å². The van der Waals surface area contributed by atoms with Gasteiger partial charge in [0, 0.05) is 30.1 Å². The molecule has 0 unspecified atom stereocenters. The lowest BCUT2D eigenvalue weighted by Crippen LogP contribution is -2.09. The molecule has 0 bridgehead atoms. The number of anilines is 1. The molecule has 0 aliphatic heterocycles. The lowest BCUT2D eigenvalue weighted by molar-refractivity contribution is -0.385. The molecule has 112 valence electrons. The van der Waals surface area contributed by atoms with Crippen LogP contribution in [-0.2, 0) is 0 Å². The van der Waals surface area contributed by atoms with Crippen LogP contribution in [0.4, 0.5) is 24.5 Å². The van der Waals surface area contributed by atoms with Crippen molar-refractivity contribution >= 4 is 23.1 Å². The largest absolute Gasteiger partial charge is 0.487 e. The molecule has 1 N–H and O–H groups in total. The number of nitrogens with zero attached hydrogens (tertiary/aromatic N) is 1. The van der Waals surface area contributed by atoms with Crippen LogP contribution in [0.5, 0.6) is 5.75 Å². The van der Waals surface area contributed by atoms with Gasteiger partial charge in [0.2, 0.25) is 0 Å². The standard InChI is InChI=1S/C11H13F3N2O3S/c1-2-19-10-7-8(3-4-9(10)16(17)18)15-5-6-20-11(12,13)14/h3-4,7,15H,2,5-6H2,1H3. The summed E-state index contributed by atoms with van der Waals surface area (Å²) in [7, 11) is 0. The van der Waals surface area contributed by atoms with Gasteiger partial charge in [-0.1, -0.05) is 0 Å². The predicted molar refractivity (Wildman–Crippen MR) is 71.3 cm³/mol. The molecule has 0 amide bonds. The smallest absolute Gasteiger partial charge is 0.441 e. The Morgan fingerprint density at radius 2 is 2.15 bits per heavy atom. The third kappa shape index (κ3) is 5.55. The van der Waals surface area contributed by atoms with Crippen LogP contribution >= 0.6 is 11.8 Å². The summed E-state index contributed by atoms with van der Waals surface area (Å²) in [4.78, 5) is 10.2. The van der Waals surface area contributed by atoms with Crippen molar-refractivity contribution in [3.63, 3.8) is 0 Å². The molecule has 0 heterocycles. The van der Waals surface area contributed by atoms with E-state index < -0.39 is 10.4 Å². The van der Waals surface area contributed by atoms with Crippen LogP contribution in [-0.4, -0.2) is 29.3 Å². The zero-order chi connectivity index (χ0) is 15.2. The summed E-state index contributed by atoms with van der Waals surface area (Å²) in [5.41, 5.74) is -3.96. The number of benzene rings is 1. The van der Waals surface area contributed by atoms with Gasteiger partial charge in [-0.2, -0.15) is 13.2 Å². The zero-order valence-corrected chi connectivity index (χ0v) is 11.4. The van der Waals surface area contributed by atoms with E-state index in [1.54, 1.807) is 6.92 Å². The Kier molecular flexibility index (Phi) is 5.93. The van der Waals surface area contributed by atoms with Gasteiger partial charge >= 0.3 is 11.2 Å². The van der Waals surface area contributed by atoms with E-state index in [-0.39, 0.29) is 42.1 Å². The first kappa shape index (κ1) is 16.4. The van der Waals surface area contributed by atoms with Crippen LogP contribution in [0.3, 0.4) is 0 Å². The molecule has 0 aliphatic rings. The molecule has 0 aromatic heterocycles. The van der Waals surface area contributed by atoms with E-state index in [0.29, 0.717) is 5.69 Å². The first-order valence-corrected chi connectivity index (χ1v) is 6.68. The minimum absolute atomic E-state index is 0.0889. The monoisotopic (exact) mass is 310 g/mol. The van der Waals surface area contributed by atoms with E-state index in [0.717, 1.165) is 0 Å². The van der Waals surface area contributed by atoms with Crippen molar-refractivity contribution in [3.8, 4) is 5.75 Å². The van der Waals surface area contributed by atoms with Gasteiger partial charge in [-0.25, -0.2) is 0 Å². The topological polar surface area (TPSA) is 64.4 Å². The van der Waals surface area contributed by atoms with Crippen molar-refractivity contribution in [3.05, 3.63) is 28.3 Å². The van der Waals surface area contributed by atoms with Crippen molar-refractivity contribution in [2.24, 2.45) is 0 Å². The molecule has 1 aromatic carbocycles. The van der Waals surface area contributed by atoms with E-state index >= 15 is 0 Å². The Morgan fingerprint density at radius 3 is 2.70 bits per heavy atom. The number of hydrogen-bond acceptors (Lipinski definition) is 5. The number of thioether (sulfide) groups is 1. The molecular formula is C11H13F3N2O3S. The van der Waals surface area contributed by atoms with Crippen LogP contribution in [0.25, 0.3) is 0 Å². The Bertz CT molecular complexity index is 469. The van der Waals surface area contributed by atoms with Gasteiger partial charge in [0.15, 0.2) is 5.75 Å². The molecule has 0 aliphatic carbocycles. The van der Waals surface area contributed by atoms with Crippen molar-refractivity contribution in [2.75, 3.05) is 24.2 Å². The quantitative estimate of drug-likeness (QED) is 0.473. The van der Waals surface area contributed by atoms with Crippen molar-refractivity contribution in [1.82, 2.24) is 0 Å². The van der Waals surface area contributed by atoms with E-state index in [4.69, 9.17) is 4.74 Å². The highest BCUT2D eigenvalue weighted by Gasteiger charge is 2.27. The fourth-order valence-corrected chi connectivity index (χ4v) is 1.84. The SMILES string of the molecule is CCOc1cc(NCCSC(F)(F)F)ccc1[N+](=O)[O-]. The molecular weight excluding hydrogens is 297 g/mol. The first-order chi connectivity index (χ1) is 9.33. The number of nitrogens with one attached hydrogen (secondary N) is 1. The molecule has 0 spiro atoms. The fraction of sp³-hybridized carbons (Fsp3) is 0.455. The molecule has 1 rings (SSSR count). The van der Waals surface area contributed by atoms with Gasteiger partial charge in [-0.3, -0.25) is 10.1 Å².